The van der Waals surface area contributed by atoms with Crippen LogP contribution in [0.15, 0.2) is 71.9 Å². The molecule has 1 aliphatic heterocycles. The van der Waals surface area contributed by atoms with Gasteiger partial charge in [0.1, 0.15) is 11.4 Å². The lowest BCUT2D eigenvalue weighted by atomic mass is 9.98. The Morgan fingerprint density at radius 3 is 2.30 bits per heavy atom. The molecule has 2 atom stereocenters. The molecule has 2 aromatic carbocycles. The lowest BCUT2D eigenvalue weighted by Gasteiger charge is -2.32. The van der Waals surface area contributed by atoms with E-state index in [1.807, 2.05) is 0 Å². The number of hydrogen-bond acceptors (Lipinski definition) is 6. The van der Waals surface area contributed by atoms with E-state index in [1.54, 1.807) is 82.4 Å². The molecule has 0 fully saturated rings. The summed E-state index contributed by atoms with van der Waals surface area (Å²) in [4.78, 5) is 48.7. The van der Waals surface area contributed by atoms with Gasteiger partial charge in [-0.2, -0.15) is 4.48 Å². The summed E-state index contributed by atoms with van der Waals surface area (Å²) in [5, 5.41) is 2.54. The SMILES string of the molecule is CC(=O)c1cccnc1[N+]1(C)C(=O)C(NC(=O)OC(C)(C)C)N=C(c2ccccc2F)c2ccccc21. The summed E-state index contributed by atoms with van der Waals surface area (Å²) in [5.74, 6) is -1.28. The number of rotatable bonds is 4. The number of ether oxygens (including phenoxy) is 1. The van der Waals surface area contributed by atoms with Gasteiger partial charge in [0, 0.05) is 17.8 Å². The Labute approximate surface area is 214 Å². The maximum atomic E-state index is 15.1. The van der Waals surface area contributed by atoms with Crippen LogP contribution < -0.4 is 9.80 Å². The van der Waals surface area contributed by atoms with Gasteiger partial charge < -0.3 is 4.74 Å². The fourth-order valence-electron chi connectivity index (χ4n) is 4.31. The van der Waals surface area contributed by atoms with Crippen molar-refractivity contribution in [1.82, 2.24) is 14.8 Å². The normalized spacial score (nSPS) is 19.4. The molecular weight excluding hydrogens is 475 g/mol. The molecule has 0 saturated carbocycles. The van der Waals surface area contributed by atoms with E-state index in [1.165, 1.54) is 19.2 Å². The zero-order chi connectivity index (χ0) is 27.0. The number of halogens is 1. The standard InChI is InChI=1S/C28H27FN4O4/c1-17(34)18-13-10-16-30-25(18)33(5)22-15-9-7-12-20(22)23(19-11-6-8-14-21(19)29)31-24(26(33)35)32-27(36)37-28(2,3)4/h6-16,24H,1-5H3/p+1. The summed E-state index contributed by atoms with van der Waals surface area (Å²) in [6.45, 7) is 6.47. The fraction of sp³-hybridized carbons (Fsp3) is 0.250. The lowest BCUT2D eigenvalue weighted by Crippen LogP contribution is -2.56. The topological polar surface area (TPSA) is 97.7 Å². The van der Waals surface area contributed by atoms with Crippen molar-refractivity contribution in [2.24, 2.45) is 4.99 Å². The van der Waals surface area contributed by atoms with Gasteiger partial charge in [0.15, 0.2) is 11.5 Å². The van der Waals surface area contributed by atoms with Gasteiger partial charge in [0.05, 0.1) is 23.9 Å². The molecule has 0 radical (unpaired) electrons. The third kappa shape index (κ3) is 4.90. The Balaban J connectivity index is 2.02. The van der Waals surface area contributed by atoms with Gasteiger partial charge in [-0.3, -0.25) is 10.1 Å². The highest BCUT2D eigenvalue weighted by atomic mass is 19.1. The van der Waals surface area contributed by atoms with Gasteiger partial charge in [0.2, 0.25) is 6.17 Å². The van der Waals surface area contributed by atoms with Crippen molar-refractivity contribution < 1.29 is 23.5 Å². The number of pyridine rings is 1. The van der Waals surface area contributed by atoms with E-state index in [9.17, 15) is 14.4 Å². The van der Waals surface area contributed by atoms with Crippen molar-refractivity contribution in [3.63, 3.8) is 0 Å². The van der Waals surface area contributed by atoms with Crippen LogP contribution in [0.3, 0.4) is 0 Å². The number of benzodiazepines with no additional fused rings is 1. The fourth-order valence-corrected chi connectivity index (χ4v) is 4.31. The average molecular weight is 504 g/mol. The number of alkyl carbamates (subject to hydrolysis) is 1. The van der Waals surface area contributed by atoms with E-state index in [0.29, 0.717) is 11.3 Å². The van der Waals surface area contributed by atoms with Crippen molar-refractivity contribution >= 4 is 35.0 Å². The zero-order valence-electron chi connectivity index (χ0n) is 21.3. The molecule has 3 aromatic rings. The van der Waals surface area contributed by atoms with Crippen LogP contribution in [0.2, 0.25) is 0 Å². The molecule has 0 bridgehead atoms. The summed E-state index contributed by atoms with van der Waals surface area (Å²) in [6, 6.07) is 16.2. The van der Waals surface area contributed by atoms with Gasteiger partial charge in [-0.15, -0.1) is 0 Å². The molecule has 8 nitrogen and oxygen atoms in total. The smallest absolute Gasteiger partial charge is 0.409 e. The van der Waals surface area contributed by atoms with Gasteiger partial charge in [-0.1, -0.05) is 24.3 Å². The van der Waals surface area contributed by atoms with E-state index in [2.05, 4.69) is 15.3 Å². The highest BCUT2D eigenvalue weighted by Gasteiger charge is 2.50. The first-order valence-electron chi connectivity index (χ1n) is 11.7. The Bertz CT molecular complexity index is 1430. The number of fused-ring (bicyclic) bond motifs is 1. The highest BCUT2D eigenvalue weighted by Crippen LogP contribution is 2.40. The minimum Gasteiger partial charge on any atom is -0.444 e. The van der Waals surface area contributed by atoms with Crippen molar-refractivity contribution in [3.8, 4) is 0 Å². The van der Waals surface area contributed by atoms with Crippen molar-refractivity contribution in [3.05, 3.63) is 89.4 Å². The molecule has 0 spiro atoms. The van der Waals surface area contributed by atoms with Crippen molar-refractivity contribution in [2.75, 3.05) is 7.05 Å². The van der Waals surface area contributed by atoms with Crippen LogP contribution in [0.5, 0.6) is 0 Å². The summed E-state index contributed by atoms with van der Waals surface area (Å²) in [5.41, 5.74) is 0.602. The Hall–Kier alpha value is -4.24. The average Bonchev–Trinajstić information content (AvgIpc) is 2.93. The number of para-hydroxylation sites is 1. The van der Waals surface area contributed by atoms with E-state index >= 15 is 4.39 Å². The summed E-state index contributed by atoms with van der Waals surface area (Å²) in [7, 11) is 1.58. The molecule has 1 N–H and O–H groups in total. The summed E-state index contributed by atoms with van der Waals surface area (Å²) >= 11 is 0. The molecule has 1 aliphatic rings. The number of nitrogens with one attached hydrogen (secondary N) is 1. The van der Waals surface area contributed by atoms with E-state index in [4.69, 9.17) is 4.74 Å². The predicted octanol–water partition coefficient (Wildman–Crippen LogP) is 4.92. The van der Waals surface area contributed by atoms with Crippen LogP contribution in [-0.4, -0.2) is 47.3 Å². The number of aromatic nitrogens is 1. The molecule has 2 unspecified atom stereocenters. The van der Waals surface area contributed by atoms with Gasteiger partial charge in [-0.05, 0) is 58.0 Å². The second-order valence-electron chi connectivity index (χ2n) is 9.80. The number of carbonyl (C=O) groups is 3. The molecule has 2 heterocycles. The summed E-state index contributed by atoms with van der Waals surface area (Å²) < 4.78 is 19.8. The molecule has 37 heavy (non-hydrogen) atoms. The predicted molar refractivity (Wildman–Crippen MR) is 138 cm³/mol. The molecule has 0 aliphatic carbocycles. The number of ketones is 1. The maximum absolute atomic E-state index is 15.1. The van der Waals surface area contributed by atoms with Gasteiger partial charge in [0.25, 0.3) is 5.82 Å². The molecule has 0 saturated heterocycles. The second-order valence-corrected chi connectivity index (χ2v) is 9.80. The molecule has 1 aromatic heterocycles. The zero-order valence-corrected chi connectivity index (χ0v) is 21.3. The molecular formula is C28H28FN4O4+. The van der Waals surface area contributed by atoms with Crippen LogP contribution >= 0.6 is 0 Å². The number of carbonyl (C=O) groups excluding carboxylic acids is 3. The Morgan fingerprint density at radius 1 is 1.00 bits per heavy atom. The Morgan fingerprint density at radius 2 is 1.65 bits per heavy atom. The first-order valence-corrected chi connectivity index (χ1v) is 11.7. The number of benzene rings is 2. The third-order valence-electron chi connectivity index (χ3n) is 5.95. The molecule has 9 heteroatoms. The van der Waals surface area contributed by atoms with Crippen molar-refractivity contribution in [1.29, 1.82) is 0 Å². The lowest BCUT2D eigenvalue weighted by molar-refractivity contribution is -0.128. The number of hydrogen-bond donors (Lipinski definition) is 1. The molecule has 2 amide bonds. The number of Topliss-reactive ketones (excluding diaryl/α,β-unsaturated/α-hetero) is 1. The third-order valence-corrected chi connectivity index (χ3v) is 5.95. The van der Waals surface area contributed by atoms with Crippen LogP contribution in [-0.2, 0) is 9.53 Å². The highest BCUT2D eigenvalue weighted by molar-refractivity contribution is 6.20. The maximum Gasteiger partial charge on any atom is 0.409 e. The van der Waals surface area contributed by atoms with Crippen molar-refractivity contribution in [2.45, 2.75) is 39.5 Å². The Kier molecular flexibility index (Phi) is 6.75. The number of aliphatic imine (C=N–C) groups is 1. The molecule has 190 valence electrons. The van der Waals surface area contributed by atoms with E-state index in [0.717, 1.165) is 0 Å². The second kappa shape index (κ2) is 9.67. The van der Waals surface area contributed by atoms with Crippen LogP contribution in [0, 0.1) is 5.82 Å². The number of likely N-dealkylation sites (N-methyl/N-ethyl adjacent to an activating group) is 1. The van der Waals surface area contributed by atoms with E-state index in [-0.39, 0.29) is 28.4 Å². The number of quaternary nitrogens is 1. The largest absolute Gasteiger partial charge is 0.444 e. The molecule has 4 rings (SSSR count). The van der Waals surface area contributed by atoms with Crippen LogP contribution in [0.4, 0.5) is 20.7 Å². The first kappa shape index (κ1) is 25.8. The number of nitrogens with zero attached hydrogens (tertiary/aromatic N) is 3. The van der Waals surface area contributed by atoms with E-state index < -0.39 is 34.1 Å². The minimum atomic E-state index is -1.48. The van der Waals surface area contributed by atoms with Gasteiger partial charge >= 0.3 is 12.0 Å². The minimum absolute atomic E-state index is 0.153. The van der Waals surface area contributed by atoms with Gasteiger partial charge in [-0.25, -0.2) is 24.0 Å². The quantitative estimate of drug-likeness (QED) is 0.403. The summed E-state index contributed by atoms with van der Waals surface area (Å²) in [6.07, 6.45) is -0.863. The van der Waals surface area contributed by atoms with Crippen LogP contribution in [0.25, 0.3) is 0 Å². The number of amides is 2. The monoisotopic (exact) mass is 503 g/mol. The first-order chi connectivity index (χ1) is 17.4. The van der Waals surface area contributed by atoms with Crippen LogP contribution in [0.1, 0.15) is 49.2 Å².